The lowest BCUT2D eigenvalue weighted by Gasteiger charge is -2.42. The number of piperidine rings is 1. The lowest BCUT2D eigenvalue weighted by atomic mass is 9.77. The van der Waals surface area contributed by atoms with Gasteiger partial charge in [0.05, 0.1) is 12.3 Å². The van der Waals surface area contributed by atoms with Crippen LogP contribution in [0.15, 0.2) is 0 Å². The summed E-state index contributed by atoms with van der Waals surface area (Å²) >= 11 is 0. The summed E-state index contributed by atoms with van der Waals surface area (Å²) in [5.41, 5.74) is -0.0384. The molecule has 2 heterocycles. The fourth-order valence-electron chi connectivity index (χ4n) is 3.06. The second-order valence-corrected chi connectivity index (χ2v) is 8.45. The summed E-state index contributed by atoms with van der Waals surface area (Å²) in [5, 5.41) is 3.32. The van der Waals surface area contributed by atoms with E-state index in [4.69, 9.17) is 0 Å². The van der Waals surface area contributed by atoms with E-state index in [1.165, 1.54) is 10.6 Å². The number of nitrogens with one attached hydrogen (secondary N) is 1. The van der Waals surface area contributed by atoms with Gasteiger partial charge >= 0.3 is 0 Å². The fraction of sp³-hybridized carbons (Fsp3) is 0.923. The molecule has 0 aromatic carbocycles. The Morgan fingerprint density at radius 2 is 1.80 bits per heavy atom. The van der Waals surface area contributed by atoms with Crippen LogP contribution in [0.4, 0.5) is 0 Å². The van der Waals surface area contributed by atoms with E-state index < -0.39 is 10.0 Å². The molecule has 116 valence electrons. The summed E-state index contributed by atoms with van der Waals surface area (Å²) in [4.78, 5) is 14.4. The van der Waals surface area contributed by atoms with Gasteiger partial charge in [0.15, 0.2) is 0 Å². The molecular weight excluding hydrogens is 278 g/mol. The van der Waals surface area contributed by atoms with Crippen LogP contribution >= 0.6 is 0 Å². The van der Waals surface area contributed by atoms with Gasteiger partial charge in [-0.25, -0.2) is 8.42 Å². The third-order valence-corrected chi connectivity index (χ3v) is 5.70. The monoisotopic (exact) mass is 303 g/mol. The maximum Gasteiger partial charge on any atom is 0.240 e. The van der Waals surface area contributed by atoms with Crippen LogP contribution in [0.1, 0.15) is 26.7 Å². The van der Waals surface area contributed by atoms with Crippen molar-refractivity contribution in [2.45, 2.75) is 32.7 Å². The van der Waals surface area contributed by atoms with Crippen LogP contribution in [-0.4, -0.2) is 68.6 Å². The van der Waals surface area contributed by atoms with E-state index in [0.29, 0.717) is 26.2 Å². The molecule has 20 heavy (non-hydrogen) atoms. The van der Waals surface area contributed by atoms with E-state index in [0.717, 1.165) is 19.4 Å². The SMILES string of the molecule is CC1(C)CCCNC1C(=O)N1CCN(S(C)(=O)=O)CC1. The first kappa shape index (κ1) is 15.7. The fourth-order valence-corrected chi connectivity index (χ4v) is 3.88. The first-order chi connectivity index (χ1) is 9.22. The Morgan fingerprint density at radius 1 is 1.20 bits per heavy atom. The lowest BCUT2D eigenvalue weighted by Crippen LogP contribution is -2.60. The highest BCUT2D eigenvalue weighted by molar-refractivity contribution is 7.88. The summed E-state index contributed by atoms with van der Waals surface area (Å²) in [6.45, 7) is 6.89. The highest BCUT2D eigenvalue weighted by Crippen LogP contribution is 2.31. The molecule has 2 aliphatic heterocycles. The van der Waals surface area contributed by atoms with Gasteiger partial charge < -0.3 is 10.2 Å². The molecule has 0 radical (unpaired) electrons. The molecular formula is C13H25N3O3S. The van der Waals surface area contributed by atoms with E-state index in [-0.39, 0.29) is 17.4 Å². The predicted molar refractivity (Wildman–Crippen MR) is 77.8 cm³/mol. The lowest BCUT2D eigenvalue weighted by molar-refractivity contribution is -0.138. The normalized spacial score (nSPS) is 28.4. The van der Waals surface area contributed by atoms with Crippen LogP contribution in [0.3, 0.4) is 0 Å². The molecule has 7 heteroatoms. The van der Waals surface area contributed by atoms with Crippen LogP contribution in [0, 0.1) is 5.41 Å². The summed E-state index contributed by atoms with van der Waals surface area (Å²) in [6.07, 6.45) is 3.36. The van der Waals surface area contributed by atoms with Gasteiger partial charge in [0.1, 0.15) is 0 Å². The number of rotatable bonds is 2. The molecule has 0 aromatic rings. The molecule has 0 bridgehead atoms. The van der Waals surface area contributed by atoms with Crippen molar-refractivity contribution in [1.82, 2.24) is 14.5 Å². The molecule has 1 N–H and O–H groups in total. The van der Waals surface area contributed by atoms with E-state index in [9.17, 15) is 13.2 Å². The van der Waals surface area contributed by atoms with Gasteiger partial charge in [0.2, 0.25) is 15.9 Å². The number of sulfonamides is 1. The minimum atomic E-state index is -3.14. The Hall–Kier alpha value is -0.660. The Balaban J connectivity index is 1.98. The quantitative estimate of drug-likeness (QED) is 0.771. The van der Waals surface area contributed by atoms with Gasteiger partial charge in [-0.15, -0.1) is 0 Å². The van der Waals surface area contributed by atoms with Crippen LogP contribution in [0.2, 0.25) is 0 Å². The first-order valence-electron chi connectivity index (χ1n) is 7.19. The molecule has 1 atom stereocenters. The van der Waals surface area contributed by atoms with Crippen molar-refractivity contribution >= 4 is 15.9 Å². The van der Waals surface area contributed by atoms with E-state index >= 15 is 0 Å². The van der Waals surface area contributed by atoms with E-state index in [2.05, 4.69) is 19.2 Å². The van der Waals surface area contributed by atoms with Crippen molar-refractivity contribution in [2.75, 3.05) is 39.0 Å². The molecule has 2 fully saturated rings. The molecule has 2 saturated heterocycles. The van der Waals surface area contributed by atoms with Crippen LogP contribution in [0.25, 0.3) is 0 Å². The number of amides is 1. The molecule has 1 amide bonds. The van der Waals surface area contributed by atoms with Gasteiger partial charge in [-0.2, -0.15) is 4.31 Å². The zero-order chi connectivity index (χ0) is 15.0. The predicted octanol–water partition coefficient (Wildman–Crippen LogP) is -0.132. The van der Waals surface area contributed by atoms with Gasteiger partial charge in [0.25, 0.3) is 0 Å². The van der Waals surface area contributed by atoms with Gasteiger partial charge in [-0.05, 0) is 24.8 Å². The maximum atomic E-state index is 12.6. The molecule has 2 rings (SSSR count). The van der Waals surface area contributed by atoms with Gasteiger partial charge in [-0.3, -0.25) is 4.79 Å². The third kappa shape index (κ3) is 3.32. The first-order valence-corrected chi connectivity index (χ1v) is 9.04. The number of piperazine rings is 1. The smallest absolute Gasteiger partial charge is 0.240 e. The third-order valence-electron chi connectivity index (χ3n) is 4.39. The molecule has 0 aromatic heterocycles. The second-order valence-electron chi connectivity index (χ2n) is 6.47. The maximum absolute atomic E-state index is 12.6. The topological polar surface area (TPSA) is 69.7 Å². The van der Waals surface area contributed by atoms with Crippen molar-refractivity contribution in [2.24, 2.45) is 5.41 Å². The highest BCUT2D eigenvalue weighted by Gasteiger charge is 2.40. The van der Waals surface area contributed by atoms with Crippen LogP contribution in [0.5, 0.6) is 0 Å². The van der Waals surface area contributed by atoms with Crippen LogP contribution < -0.4 is 5.32 Å². The minimum absolute atomic E-state index is 0.0384. The summed E-state index contributed by atoms with van der Waals surface area (Å²) < 4.78 is 24.4. The Kier molecular flexibility index (Phi) is 4.41. The van der Waals surface area contributed by atoms with E-state index in [1.807, 2.05) is 0 Å². The van der Waals surface area contributed by atoms with Crippen molar-refractivity contribution in [1.29, 1.82) is 0 Å². The Bertz CT molecular complexity index is 467. The number of carbonyl (C=O) groups excluding carboxylic acids is 1. The average molecular weight is 303 g/mol. The molecule has 2 aliphatic rings. The minimum Gasteiger partial charge on any atom is -0.339 e. The van der Waals surface area contributed by atoms with E-state index in [1.54, 1.807) is 4.90 Å². The molecule has 0 aliphatic carbocycles. The molecule has 0 spiro atoms. The largest absolute Gasteiger partial charge is 0.339 e. The van der Waals surface area contributed by atoms with Crippen molar-refractivity contribution in [3.05, 3.63) is 0 Å². The zero-order valence-electron chi connectivity index (χ0n) is 12.6. The summed E-state index contributed by atoms with van der Waals surface area (Å²) in [5.74, 6) is 0.114. The summed E-state index contributed by atoms with van der Waals surface area (Å²) in [7, 11) is -3.14. The molecule has 6 nitrogen and oxygen atoms in total. The number of nitrogens with zero attached hydrogens (tertiary/aromatic N) is 2. The average Bonchev–Trinajstić information content (AvgIpc) is 2.36. The number of hydrogen-bond acceptors (Lipinski definition) is 4. The van der Waals surface area contributed by atoms with Gasteiger partial charge in [0, 0.05) is 26.2 Å². The molecule has 1 unspecified atom stereocenters. The summed E-state index contributed by atoms with van der Waals surface area (Å²) in [6, 6.07) is -0.152. The van der Waals surface area contributed by atoms with Crippen molar-refractivity contribution < 1.29 is 13.2 Å². The second kappa shape index (κ2) is 5.61. The van der Waals surface area contributed by atoms with Gasteiger partial charge in [-0.1, -0.05) is 13.8 Å². The van der Waals surface area contributed by atoms with Crippen molar-refractivity contribution in [3.8, 4) is 0 Å². The number of hydrogen-bond donors (Lipinski definition) is 1. The standard InChI is InChI=1S/C13H25N3O3S/c1-13(2)5-4-6-14-11(13)12(17)15-7-9-16(10-8-15)20(3,18)19/h11,14H,4-10H2,1-3H3. The zero-order valence-corrected chi connectivity index (χ0v) is 13.4. The molecule has 0 saturated carbocycles. The Morgan fingerprint density at radius 3 is 2.30 bits per heavy atom. The Labute approximate surface area is 121 Å². The van der Waals surface area contributed by atoms with Crippen molar-refractivity contribution in [3.63, 3.8) is 0 Å². The number of carbonyl (C=O) groups is 1. The van der Waals surface area contributed by atoms with Crippen LogP contribution in [-0.2, 0) is 14.8 Å². The highest BCUT2D eigenvalue weighted by atomic mass is 32.2.